The van der Waals surface area contributed by atoms with Gasteiger partial charge >= 0.3 is 5.97 Å². The first-order valence-electron chi connectivity index (χ1n) is 12.0. The number of benzene rings is 2. The molecule has 4 rings (SSSR count). The Hall–Kier alpha value is -2.64. The van der Waals surface area contributed by atoms with E-state index in [1.54, 1.807) is 6.92 Å². The predicted molar refractivity (Wildman–Crippen MR) is 120 cm³/mol. The van der Waals surface area contributed by atoms with Crippen molar-refractivity contribution >= 4 is 5.97 Å². The van der Waals surface area contributed by atoms with Crippen molar-refractivity contribution in [1.29, 1.82) is 0 Å². The first-order valence-corrected chi connectivity index (χ1v) is 12.0. The van der Waals surface area contributed by atoms with E-state index >= 15 is 0 Å². The number of fused-ring (bicyclic) bond motifs is 3. The van der Waals surface area contributed by atoms with E-state index in [9.17, 15) is 26.7 Å². The van der Waals surface area contributed by atoms with Gasteiger partial charge in [-0.3, -0.25) is 4.79 Å². The lowest BCUT2D eigenvalue weighted by Gasteiger charge is -2.54. The van der Waals surface area contributed by atoms with E-state index in [1.165, 1.54) is 0 Å². The molecule has 0 aromatic heterocycles. The number of unbranched alkanes of at least 4 members (excludes halogenated alkanes) is 1. The van der Waals surface area contributed by atoms with E-state index in [-0.39, 0.29) is 5.92 Å². The Bertz CT molecular complexity index is 1120. The summed E-state index contributed by atoms with van der Waals surface area (Å²) in [6, 6.07) is 5.99. The molecule has 2 aliphatic rings. The molecule has 0 heterocycles. The lowest BCUT2D eigenvalue weighted by Crippen LogP contribution is -2.53. The lowest BCUT2D eigenvalue weighted by atomic mass is 9.50. The van der Waals surface area contributed by atoms with E-state index < -0.39 is 51.6 Å². The molecule has 0 amide bonds. The van der Waals surface area contributed by atoms with Crippen LogP contribution in [0.25, 0.3) is 0 Å². The SMILES string of the molecule is CCCCOc1ccc2c(c1)[C@@]1(C)CCC[C@](C)(C(=O)Oc3c(F)c(F)c(F)c(F)c3F)[C@@H]1CC2. The summed E-state index contributed by atoms with van der Waals surface area (Å²) < 4.78 is 80.1. The molecular formula is C27H29F5O3. The molecule has 3 atom stereocenters. The van der Waals surface area contributed by atoms with Gasteiger partial charge in [0.2, 0.25) is 34.8 Å². The van der Waals surface area contributed by atoms with Gasteiger partial charge in [0.15, 0.2) is 0 Å². The highest BCUT2D eigenvalue weighted by atomic mass is 19.2. The quantitative estimate of drug-likeness (QED) is 0.106. The highest BCUT2D eigenvalue weighted by molar-refractivity contribution is 5.80. The minimum absolute atomic E-state index is 0.254. The number of carbonyl (C=O) groups excluding carboxylic acids is 1. The first-order chi connectivity index (χ1) is 16.5. The third kappa shape index (κ3) is 4.19. The van der Waals surface area contributed by atoms with E-state index in [0.717, 1.165) is 36.1 Å². The fourth-order valence-corrected chi connectivity index (χ4v) is 5.99. The smallest absolute Gasteiger partial charge is 0.317 e. The number of ether oxygens (including phenoxy) is 2. The maximum atomic E-state index is 14.2. The number of hydrogen-bond donors (Lipinski definition) is 0. The summed E-state index contributed by atoms with van der Waals surface area (Å²) in [5.74, 6) is -12.9. The second-order valence-corrected chi connectivity index (χ2v) is 10.1. The van der Waals surface area contributed by atoms with E-state index in [0.29, 0.717) is 32.3 Å². The average Bonchev–Trinajstić information content (AvgIpc) is 2.84. The Balaban J connectivity index is 1.67. The normalized spacial score (nSPS) is 25.5. The van der Waals surface area contributed by atoms with Crippen LogP contribution in [0.15, 0.2) is 18.2 Å². The van der Waals surface area contributed by atoms with Crippen LogP contribution in [0.3, 0.4) is 0 Å². The second-order valence-electron chi connectivity index (χ2n) is 10.1. The molecule has 2 aromatic carbocycles. The zero-order valence-electron chi connectivity index (χ0n) is 20.1. The fraction of sp³-hybridized carbons (Fsp3) is 0.519. The summed E-state index contributed by atoms with van der Waals surface area (Å²) in [6.45, 7) is 6.41. The number of rotatable bonds is 6. The average molecular weight is 497 g/mol. The summed E-state index contributed by atoms with van der Waals surface area (Å²) in [4.78, 5) is 13.3. The molecule has 3 nitrogen and oxygen atoms in total. The summed E-state index contributed by atoms with van der Waals surface area (Å²) in [5, 5.41) is 0. The van der Waals surface area contributed by atoms with Crippen LogP contribution in [0.5, 0.6) is 11.5 Å². The fourth-order valence-electron chi connectivity index (χ4n) is 5.99. The summed E-state index contributed by atoms with van der Waals surface area (Å²) in [7, 11) is 0. The van der Waals surface area contributed by atoms with Gasteiger partial charge in [0.1, 0.15) is 5.75 Å². The molecule has 0 saturated heterocycles. The van der Waals surface area contributed by atoms with Gasteiger partial charge in [-0.15, -0.1) is 0 Å². The monoisotopic (exact) mass is 496 g/mol. The van der Waals surface area contributed by atoms with Gasteiger partial charge in [-0.1, -0.05) is 32.8 Å². The van der Waals surface area contributed by atoms with E-state index in [4.69, 9.17) is 9.47 Å². The van der Waals surface area contributed by atoms with Gasteiger partial charge in [-0.2, -0.15) is 8.78 Å². The van der Waals surface area contributed by atoms with Crippen molar-refractivity contribution in [3.05, 3.63) is 58.4 Å². The Kier molecular flexibility index (Phi) is 6.86. The van der Waals surface area contributed by atoms with Crippen molar-refractivity contribution in [1.82, 2.24) is 0 Å². The lowest BCUT2D eigenvalue weighted by molar-refractivity contribution is -0.154. The number of esters is 1. The Morgan fingerprint density at radius 2 is 1.66 bits per heavy atom. The van der Waals surface area contributed by atoms with Crippen LogP contribution in [-0.2, 0) is 16.6 Å². The van der Waals surface area contributed by atoms with Crippen molar-refractivity contribution in [3.8, 4) is 11.5 Å². The maximum Gasteiger partial charge on any atom is 0.317 e. The number of hydrogen-bond acceptors (Lipinski definition) is 3. The van der Waals surface area contributed by atoms with Crippen molar-refractivity contribution in [2.24, 2.45) is 11.3 Å². The van der Waals surface area contributed by atoms with Crippen LogP contribution in [0.2, 0.25) is 0 Å². The number of aryl methyl sites for hydroxylation is 1. The highest BCUT2D eigenvalue weighted by Gasteiger charge is 2.56. The van der Waals surface area contributed by atoms with E-state index in [2.05, 4.69) is 13.8 Å². The van der Waals surface area contributed by atoms with Crippen LogP contribution < -0.4 is 9.47 Å². The molecule has 0 radical (unpaired) electrons. The topological polar surface area (TPSA) is 35.5 Å². The molecule has 0 spiro atoms. The van der Waals surface area contributed by atoms with Gasteiger partial charge in [-0.25, -0.2) is 13.2 Å². The van der Waals surface area contributed by atoms with Gasteiger partial charge in [0, 0.05) is 0 Å². The first kappa shape index (κ1) is 25.5. The molecule has 8 heteroatoms. The van der Waals surface area contributed by atoms with Crippen LogP contribution in [0, 0.1) is 40.4 Å². The standard InChI is InChI=1S/C27H29F5O3/c1-4-5-13-34-16-9-7-15-8-10-18-26(2,17(15)14-16)11-6-12-27(18,3)25(33)35-24-22(31)20(29)19(28)21(30)23(24)32/h7,9,14,18H,4-6,8,10-13H2,1-3H3/t18-,26-,27+/m1/s1. The molecule has 1 fully saturated rings. The zero-order chi connectivity index (χ0) is 25.5. The number of carbonyl (C=O) groups is 1. The zero-order valence-corrected chi connectivity index (χ0v) is 20.1. The molecule has 0 bridgehead atoms. The van der Waals surface area contributed by atoms with E-state index in [1.807, 2.05) is 18.2 Å². The number of halogens is 5. The summed E-state index contributed by atoms with van der Waals surface area (Å²) in [5.41, 5.74) is 0.603. The van der Waals surface area contributed by atoms with Crippen LogP contribution in [0.4, 0.5) is 22.0 Å². The molecule has 0 N–H and O–H groups in total. The van der Waals surface area contributed by atoms with Gasteiger partial charge in [0.05, 0.1) is 12.0 Å². The minimum Gasteiger partial charge on any atom is -0.494 e. The van der Waals surface area contributed by atoms with Crippen molar-refractivity contribution in [2.45, 2.75) is 71.1 Å². The Morgan fingerprint density at radius 3 is 2.31 bits per heavy atom. The van der Waals surface area contributed by atoms with Gasteiger partial charge < -0.3 is 9.47 Å². The molecule has 35 heavy (non-hydrogen) atoms. The second kappa shape index (κ2) is 9.43. The van der Waals surface area contributed by atoms with Gasteiger partial charge in [-0.05, 0) is 73.6 Å². The molecule has 1 saturated carbocycles. The molecule has 0 aliphatic heterocycles. The summed E-state index contributed by atoms with van der Waals surface area (Å²) in [6.07, 6.45) is 5.05. The van der Waals surface area contributed by atoms with Crippen LogP contribution >= 0.6 is 0 Å². The largest absolute Gasteiger partial charge is 0.494 e. The van der Waals surface area contributed by atoms with Crippen molar-refractivity contribution in [3.63, 3.8) is 0 Å². The highest BCUT2D eigenvalue weighted by Crippen LogP contribution is 2.58. The van der Waals surface area contributed by atoms with Gasteiger partial charge in [0.25, 0.3) is 0 Å². The molecule has 190 valence electrons. The molecular weight excluding hydrogens is 467 g/mol. The van der Waals surface area contributed by atoms with Crippen molar-refractivity contribution in [2.75, 3.05) is 6.61 Å². The Labute approximate surface area is 201 Å². The molecule has 2 aliphatic carbocycles. The molecule has 2 aromatic rings. The predicted octanol–water partition coefficient (Wildman–Crippen LogP) is 7.18. The minimum atomic E-state index is -2.29. The van der Waals surface area contributed by atoms with Crippen LogP contribution in [0.1, 0.15) is 70.4 Å². The van der Waals surface area contributed by atoms with Crippen LogP contribution in [-0.4, -0.2) is 12.6 Å². The third-order valence-corrected chi connectivity index (χ3v) is 7.93. The molecule has 0 unspecified atom stereocenters. The summed E-state index contributed by atoms with van der Waals surface area (Å²) >= 11 is 0. The third-order valence-electron chi connectivity index (χ3n) is 7.93. The Morgan fingerprint density at radius 1 is 1.00 bits per heavy atom. The maximum absolute atomic E-state index is 14.2. The van der Waals surface area contributed by atoms with Crippen molar-refractivity contribution < 1.29 is 36.2 Å².